The van der Waals surface area contributed by atoms with Crippen LogP contribution >= 0.6 is 11.6 Å². The minimum absolute atomic E-state index is 0.111. The van der Waals surface area contributed by atoms with Gasteiger partial charge in [-0.25, -0.2) is 0 Å². The maximum absolute atomic E-state index is 11.6. The van der Waals surface area contributed by atoms with Crippen LogP contribution in [0, 0.1) is 0 Å². The van der Waals surface area contributed by atoms with E-state index >= 15 is 0 Å². The van der Waals surface area contributed by atoms with Gasteiger partial charge < -0.3 is 19.9 Å². The molecule has 0 aromatic heterocycles. The molecule has 0 aliphatic carbocycles. The molecule has 8 heteroatoms. The van der Waals surface area contributed by atoms with Crippen LogP contribution < -0.4 is 5.32 Å². The number of rotatable bonds is 5. The summed E-state index contributed by atoms with van der Waals surface area (Å²) in [6.45, 7) is 11.4. The fraction of sp³-hybridized carbons (Fsp3) is 0.619. The average molecular weight is 422 g/mol. The van der Waals surface area contributed by atoms with E-state index in [0.29, 0.717) is 6.54 Å². The molecule has 0 spiro atoms. The maximum atomic E-state index is 11.6. The lowest BCUT2D eigenvalue weighted by molar-refractivity contribution is -0.130. The van der Waals surface area contributed by atoms with Crippen LogP contribution in [-0.4, -0.2) is 92.1 Å². The SMILES string of the molecule is CCNC(=NCC(c1ccccc1Cl)N1CCOCC1)N1CCN(C(C)=O)CC1. The zero-order valence-electron chi connectivity index (χ0n) is 17.4. The number of ether oxygens (including phenoxy) is 1. The highest BCUT2D eigenvalue weighted by Gasteiger charge is 2.26. The first-order valence-corrected chi connectivity index (χ1v) is 10.8. The average Bonchev–Trinajstić information content (AvgIpc) is 2.75. The minimum atomic E-state index is 0.111. The standard InChI is InChI=1S/C21H32ClN5O2/c1-3-23-21(27-10-8-25(9-11-27)17(2)28)24-16-20(26-12-14-29-15-13-26)18-6-4-5-7-19(18)22/h4-7,20H,3,8-16H2,1-2H3,(H,23,24). The van der Waals surface area contributed by atoms with Crippen LogP contribution in [0.4, 0.5) is 0 Å². The molecule has 2 aliphatic heterocycles. The fourth-order valence-corrected chi connectivity index (χ4v) is 4.14. The van der Waals surface area contributed by atoms with E-state index in [9.17, 15) is 4.79 Å². The molecule has 2 fully saturated rings. The Morgan fingerprint density at radius 2 is 1.79 bits per heavy atom. The Kier molecular flexibility index (Phi) is 8.15. The number of amides is 1. The van der Waals surface area contributed by atoms with Gasteiger partial charge in [0.05, 0.1) is 25.8 Å². The molecular weight excluding hydrogens is 390 g/mol. The van der Waals surface area contributed by atoms with Crippen LogP contribution in [0.15, 0.2) is 29.3 Å². The zero-order valence-corrected chi connectivity index (χ0v) is 18.2. The van der Waals surface area contributed by atoms with E-state index < -0.39 is 0 Å². The summed E-state index contributed by atoms with van der Waals surface area (Å²) in [4.78, 5) is 23.1. The summed E-state index contributed by atoms with van der Waals surface area (Å²) in [5.41, 5.74) is 1.11. The monoisotopic (exact) mass is 421 g/mol. The van der Waals surface area contributed by atoms with Gasteiger partial charge in [0.1, 0.15) is 0 Å². The van der Waals surface area contributed by atoms with Crippen molar-refractivity contribution in [2.24, 2.45) is 4.99 Å². The summed E-state index contributed by atoms with van der Waals surface area (Å²) >= 11 is 6.54. The smallest absolute Gasteiger partial charge is 0.219 e. The number of halogens is 1. The number of carbonyl (C=O) groups is 1. The third-order valence-electron chi connectivity index (χ3n) is 5.52. The van der Waals surface area contributed by atoms with Gasteiger partial charge in [0.15, 0.2) is 5.96 Å². The molecule has 160 valence electrons. The molecule has 3 rings (SSSR count). The lowest BCUT2D eigenvalue weighted by Gasteiger charge is -2.37. The lowest BCUT2D eigenvalue weighted by atomic mass is 10.0. The van der Waals surface area contributed by atoms with Gasteiger partial charge in [0.25, 0.3) is 0 Å². The number of aliphatic imine (C=N–C) groups is 1. The summed E-state index contributed by atoms with van der Waals surface area (Å²) in [5, 5.41) is 4.19. The van der Waals surface area contributed by atoms with Gasteiger partial charge in [-0.2, -0.15) is 0 Å². The van der Waals surface area contributed by atoms with Crippen LogP contribution in [0.25, 0.3) is 0 Å². The Morgan fingerprint density at radius 1 is 1.14 bits per heavy atom. The van der Waals surface area contributed by atoms with Crippen molar-refractivity contribution in [2.75, 3.05) is 65.6 Å². The van der Waals surface area contributed by atoms with E-state index in [1.54, 1.807) is 6.92 Å². The number of hydrogen-bond donors (Lipinski definition) is 1. The Hall–Kier alpha value is -1.83. The lowest BCUT2D eigenvalue weighted by Crippen LogP contribution is -2.53. The zero-order chi connectivity index (χ0) is 20.6. The maximum Gasteiger partial charge on any atom is 0.219 e. The van der Waals surface area contributed by atoms with Gasteiger partial charge in [-0.3, -0.25) is 14.7 Å². The van der Waals surface area contributed by atoms with E-state index in [-0.39, 0.29) is 11.9 Å². The van der Waals surface area contributed by atoms with Crippen molar-refractivity contribution in [1.82, 2.24) is 20.0 Å². The summed E-state index contributed by atoms with van der Waals surface area (Å²) in [6, 6.07) is 8.14. The van der Waals surface area contributed by atoms with Gasteiger partial charge >= 0.3 is 0 Å². The topological polar surface area (TPSA) is 60.4 Å². The Labute approximate surface area is 178 Å². The third kappa shape index (κ3) is 5.84. The molecule has 1 N–H and O–H groups in total. The number of piperazine rings is 1. The summed E-state index contributed by atoms with van der Waals surface area (Å²) in [6.07, 6.45) is 0. The fourth-order valence-electron chi connectivity index (χ4n) is 3.88. The van der Waals surface area contributed by atoms with Gasteiger partial charge in [-0.15, -0.1) is 0 Å². The largest absolute Gasteiger partial charge is 0.379 e. The number of carbonyl (C=O) groups excluding carboxylic acids is 1. The molecular formula is C21H32ClN5O2. The predicted octanol–water partition coefficient (Wildman–Crippen LogP) is 1.84. The van der Waals surface area contributed by atoms with Crippen LogP contribution in [-0.2, 0) is 9.53 Å². The number of guanidine groups is 1. The van der Waals surface area contributed by atoms with Crippen molar-refractivity contribution in [3.63, 3.8) is 0 Å². The van der Waals surface area contributed by atoms with Gasteiger partial charge in [0.2, 0.25) is 5.91 Å². The molecule has 0 bridgehead atoms. The predicted molar refractivity (Wildman–Crippen MR) is 116 cm³/mol. The first-order valence-electron chi connectivity index (χ1n) is 10.4. The first kappa shape index (κ1) is 21.9. The second-order valence-electron chi connectivity index (χ2n) is 7.37. The molecule has 29 heavy (non-hydrogen) atoms. The molecule has 2 saturated heterocycles. The summed E-state index contributed by atoms with van der Waals surface area (Å²) in [5.74, 6) is 1.04. The van der Waals surface area contributed by atoms with Crippen molar-refractivity contribution in [1.29, 1.82) is 0 Å². The van der Waals surface area contributed by atoms with Gasteiger partial charge in [0, 0.05) is 57.8 Å². The highest BCUT2D eigenvalue weighted by atomic mass is 35.5. The minimum Gasteiger partial charge on any atom is -0.379 e. The van der Waals surface area contributed by atoms with Crippen LogP contribution in [0.1, 0.15) is 25.5 Å². The van der Waals surface area contributed by atoms with Crippen molar-refractivity contribution >= 4 is 23.5 Å². The molecule has 0 saturated carbocycles. The van der Waals surface area contributed by atoms with E-state index in [1.165, 1.54) is 0 Å². The van der Waals surface area contributed by atoms with E-state index in [4.69, 9.17) is 21.3 Å². The molecule has 2 heterocycles. The molecule has 2 aliphatic rings. The molecule has 1 aromatic carbocycles. The summed E-state index contributed by atoms with van der Waals surface area (Å²) in [7, 11) is 0. The Morgan fingerprint density at radius 3 is 2.41 bits per heavy atom. The van der Waals surface area contributed by atoms with Crippen LogP contribution in [0.2, 0.25) is 5.02 Å². The van der Waals surface area contributed by atoms with Crippen molar-refractivity contribution in [2.45, 2.75) is 19.9 Å². The van der Waals surface area contributed by atoms with Crippen molar-refractivity contribution < 1.29 is 9.53 Å². The number of nitrogens with zero attached hydrogens (tertiary/aromatic N) is 4. The first-order chi connectivity index (χ1) is 14.1. The van der Waals surface area contributed by atoms with Crippen LogP contribution in [0.5, 0.6) is 0 Å². The van der Waals surface area contributed by atoms with E-state index in [0.717, 1.165) is 75.6 Å². The Balaban J connectivity index is 1.76. The molecule has 1 aromatic rings. The molecule has 1 unspecified atom stereocenters. The normalized spacial score (nSPS) is 19.9. The third-order valence-corrected chi connectivity index (χ3v) is 5.87. The van der Waals surface area contributed by atoms with E-state index in [1.807, 2.05) is 23.1 Å². The summed E-state index contributed by atoms with van der Waals surface area (Å²) < 4.78 is 5.54. The van der Waals surface area contributed by atoms with Crippen molar-refractivity contribution in [3.05, 3.63) is 34.9 Å². The molecule has 0 radical (unpaired) electrons. The highest BCUT2D eigenvalue weighted by Crippen LogP contribution is 2.28. The number of morpholine rings is 1. The Bertz CT molecular complexity index is 700. The second-order valence-corrected chi connectivity index (χ2v) is 7.78. The number of hydrogen-bond acceptors (Lipinski definition) is 4. The molecule has 1 atom stereocenters. The number of benzene rings is 1. The van der Waals surface area contributed by atoms with Crippen LogP contribution in [0.3, 0.4) is 0 Å². The second kappa shape index (κ2) is 10.8. The molecule has 7 nitrogen and oxygen atoms in total. The van der Waals surface area contributed by atoms with Gasteiger partial charge in [-0.1, -0.05) is 29.8 Å². The van der Waals surface area contributed by atoms with Crippen molar-refractivity contribution in [3.8, 4) is 0 Å². The van der Waals surface area contributed by atoms with E-state index in [2.05, 4.69) is 28.1 Å². The highest BCUT2D eigenvalue weighted by molar-refractivity contribution is 6.31. The van der Waals surface area contributed by atoms with Gasteiger partial charge in [-0.05, 0) is 18.6 Å². The quantitative estimate of drug-likeness (QED) is 0.580. The molecule has 1 amide bonds. The number of nitrogens with one attached hydrogen (secondary N) is 1.